The number of amides is 2. The van der Waals surface area contributed by atoms with E-state index in [1.54, 1.807) is 12.1 Å². The minimum atomic E-state index is -3.80. The van der Waals surface area contributed by atoms with Gasteiger partial charge >= 0.3 is 0 Å². The number of halogens is 1. The molecule has 1 saturated carbocycles. The highest BCUT2D eigenvalue weighted by atomic mass is 79.9. The van der Waals surface area contributed by atoms with E-state index in [1.807, 2.05) is 74.5 Å². The van der Waals surface area contributed by atoms with Crippen LogP contribution in [0.5, 0.6) is 0 Å². The lowest BCUT2D eigenvalue weighted by Crippen LogP contribution is -2.54. The number of sulfonamides is 1. The Morgan fingerprint density at radius 1 is 0.927 bits per heavy atom. The molecule has 0 bridgehead atoms. The predicted octanol–water partition coefficient (Wildman–Crippen LogP) is 5.53. The Balaban J connectivity index is 1.73. The summed E-state index contributed by atoms with van der Waals surface area (Å²) < 4.78 is 27.9. The van der Waals surface area contributed by atoms with Gasteiger partial charge in [0.2, 0.25) is 21.8 Å². The zero-order valence-electron chi connectivity index (χ0n) is 23.8. The third-order valence-electron chi connectivity index (χ3n) is 7.67. The van der Waals surface area contributed by atoms with Crippen molar-refractivity contribution < 1.29 is 18.0 Å². The van der Waals surface area contributed by atoms with E-state index >= 15 is 0 Å². The third kappa shape index (κ3) is 8.42. The number of aryl methyl sites for hydroxylation is 2. The molecule has 3 aromatic carbocycles. The number of rotatable bonds is 11. The van der Waals surface area contributed by atoms with Gasteiger partial charge in [0.25, 0.3) is 0 Å². The van der Waals surface area contributed by atoms with Crippen LogP contribution in [0.25, 0.3) is 0 Å². The van der Waals surface area contributed by atoms with Gasteiger partial charge in [-0.3, -0.25) is 13.9 Å². The maximum atomic E-state index is 14.2. The maximum absolute atomic E-state index is 14.2. The molecule has 9 heteroatoms. The number of hydrogen-bond donors (Lipinski definition) is 1. The molecule has 1 aliphatic carbocycles. The molecule has 0 aliphatic heterocycles. The zero-order valence-corrected chi connectivity index (χ0v) is 26.2. The maximum Gasteiger partial charge on any atom is 0.244 e. The molecular weight excluding hydrogens is 602 g/mol. The standard InChI is InChI=1S/C32H38BrN3O4S/c1-23-16-17-29(18-24(23)2)36(41(3,39)40)22-31(37)35(21-26-12-9-13-27(33)19-26)30(20-25-10-5-4-6-11-25)32(38)34-28-14-7-8-15-28/h4-6,9-13,16-19,28,30H,7-8,14-15,20-22H2,1-3H3,(H,34,38). The molecule has 1 aliphatic rings. The smallest absolute Gasteiger partial charge is 0.244 e. The Bertz CT molecular complexity index is 1470. The summed E-state index contributed by atoms with van der Waals surface area (Å²) in [5.74, 6) is -0.669. The van der Waals surface area contributed by atoms with Crippen LogP contribution in [-0.2, 0) is 32.6 Å². The second-order valence-electron chi connectivity index (χ2n) is 10.9. The minimum Gasteiger partial charge on any atom is -0.352 e. The van der Waals surface area contributed by atoms with Gasteiger partial charge < -0.3 is 10.2 Å². The summed E-state index contributed by atoms with van der Waals surface area (Å²) in [6, 6.07) is 21.8. The van der Waals surface area contributed by atoms with Crippen LogP contribution in [0.1, 0.15) is 47.9 Å². The number of hydrogen-bond acceptors (Lipinski definition) is 4. The van der Waals surface area contributed by atoms with Gasteiger partial charge in [-0.2, -0.15) is 0 Å². The van der Waals surface area contributed by atoms with Crippen LogP contribution in [0.4, 0.5) is 5.69 Å². The molecular formula is C32H38BrN3O4S. The van der Waals surface area contributed by atoms with Gasteiger partial charge in [0.1, 0.15) is 12.6 Å². The van der Waals surface area contributed by atoms with Crippen molar-refractivity contribution in [2.24, 2.45) is 0 Å². The summed E-state index contributed by atoms with van der Waals surface area (Å²) in [6.45, 7) is 3.59. The van der Waals surface area contributed by atoms with E-state index in [0.29, 0.717) is 12.1 Å². The first-order chi connectivity index (χ1) is 19.5. The average molecular weight is 641 g/mol. The molecule has 3 aromatic rings. The quantitative estimate of drug-likeness (QED) is 0.299. The highest BCUT2D eigenvalue weighted by molar-refractivity contribution is 9.10. The molecule has 4 rings (SSSR count). The lowest BCUT2D eigenvalue weighted by atomic mass is 10.0. The van der Waals surface area contributed by atoms with Crippen molar-refractivity contribution in [2.45, 2.75) is 64.6 Å². The van der Waals surface area contributed by atoms with E-state index in [9.17, 15) is 18.0 Å². The molecule has 1 fully saturated rings. The molecule has 0 radical (unpaired) electrons. The van der Waals surface area contributed by atoms with E-state index < -0.39 is 28.5 Å². The number of nitrogens with zero attached hydrogens (tertiary/aromatic N) is 2. The van der Waals surface area contributed by atoms with Crippen LogP contribution in [-0.4, -0.2) is 50.0 Å². The first-order valence-corrected chi connectivity index (χ1v) is 16.6. The largest absolute Gasteiger partial charge is 0.352 e. The highest BCUT2D eigenvalue weighted by Gasteiger charge is 2.34. The molecule has 0 saturated heterocycles. The van der Waals surface area contributed by atoms with Crippen molar-refractivity contribution in [3.05, 3.63) is 99.5 Å². The third-order valence-corrected chi connectivity index (χ3v) is 9.31. The molecule has 218 valence electrons. The van der Waals surface area contributed by atoms with Crippen LogP contribution in [0.15, 0.2) is 77.3 Å². The topological polar surface area (TPSA) is 86.8 Å². The molecule has 1 N–H and O–H groups in total. The fourth-order valence-electron chi connectivity index (χ4n) is 5.25. The average Bonchev–Trinajstić information content (AvgIpc) is 3.44. The summed E-state index contributed by atoms with van der Waals surface area (Å²) in [6.07, 6.45) is 5.36. The predicted molar refractivity (Wildman–Crippen MR) is 167 cm³/mol. The van der Waals surface area contributed by atoms with Gasteiger partial charge in [-0.05, 0) is 73.2 Å². The van der Waals surface area contributed by atoms with Crippen molar-refractivity contribution in [1.29, 1.82) is 0 Å². The van der Waals surface area contributed by atoms with Gasteiger partial charge in [0, 0.05) is 23.5 Å². The molecule has 1 atom stereocenters. The molecule has 2 amide bonds. The molecule has 7 nitrogen and oxygen atoms in total. The SMILES string of the molecule is Cc1ccc(N(CC(=O)N(Cc2cccc(Br)c2)C(Cc2ccccc2)C(=O)NC2CCCC2)S(C)(=O)=O)cc1C. The first kappa shape index (κ1) is 30.8. The molecule has 1 unspecified atom stereocenters. The fraction of sp³-hybridized carbons (Fsp3) is 0.375. The van der Waals surface area contributed by atoms with Gasteiger partial charge in [0.05, 0.1) is 11.9 Å². The van der Waals surface area contributed by atoms with Crippen LogP contribution < -0.4 is 9.62 Å². The minimum absolute atomic E-state index is 0.0756. The molecule has 0 aromatic heterocycles. The second-order valence-corrected chi connectivity index (χ2v) is 13.7. The van der Waals surface area contributed by atoms with Crippen molar-refractivity contribution in [2.75, 3.05) is 17.1 Å². The van der Waals surface area contributed by atoms with Crippen molar-refractivity contribution >= 4 is 43.5 Å². The molecule has 0 spiro atoms. The summed E-state index contributed by atoms with van der Waals surface area (Å²) in [5, 5.41) is 3.19. The van der Waals surface area contributed by atoms with Crippen LogP contribution in [0, 0.1) is 13.8 Å². The Morgan fingerprint density at radius 2 is 1.61 bits per heavy atom. The van der Waals surface area contributed by atoms with E-state index in [-0.39, 0.29) is 18.5 Å². The lowest BCUT2D eigenvalue weighted by molar-refractivity contribution is -0.140. The van der Waals surface area contributed by atoms with Crippen LogP contribution in [0.3, 0.4) is 0 Å². The highest BCUT2D eigenvalue weighted by Crippen LogP contribution is 2.24. The van der Waals surface area contributed by atoms with Crippen molar-refractivity contribution in [1.82, 2.24) is 10.2 Å². The molecule has 0 heterocycles. The second kappa shape index (κ2) is 13.7. The number of carbonyl (C=O) groups excluding carboxylic acids is 2. The van der Waals surface area contributed by atoms with Gasteiger partial charge in [-0.1, -0.05) is 77.3 Å². The van der Waals surface area contributed by atoms with Crippen LogP contribution >= 0.6 is 15.9 Å². The van der Waals surface area contributed by atoms with Crippen molar-refractivity contribution in [3.63, 3.8) is 0 Å². The van der Waals surface area contributed by atoms with Gasteiger partial charge in [-0.15, -0.1) is 0 Å². The summed E-state index contributed by atoms with van der Waals surface area (Å²) in [4.78, 5) is 29.7. The van der Waals surface area contributed by atoms with E-state index in [0.717, 1.165) is 63.0 Å². The number of anilines is 1. The summed E-state index contributed by atoms with van der Waals surface area (Å²) in [7, 11) is -3.80. The number of benzene rings is 3. The normalized spacial score (nSPS) is 14.4. The Labute approximate surface area is 252 Å². The van der Waals surface area contributed by atoms with E-state index in [1.165, 1.54) is 4.90 Å². The Morgan fingerprint density at radius 3 is 2.24 bits per heavy atom. The Hall–Kier alpha value is -3.17. The zero-order chi connectivity index (χ0) is 29.6. The van der Waals surface area contributed by atoms with Gasteiger partial charge in [-0.25, -0.2) is 8.42 Å². The first-order valence-electron chi connectivity index (χ1n) is 13.9. The number of carbonyl (C=O) groups is 2. The molecule has 41 heavy (non-hydrogen) atoms. The monoisotopic (exact) mass is 639 g/mol. The van der Waals surface area contributed by atoms with Crippen molar-refractivity contribution in [3.8, 4) is 0 Å². The van der Waals surface area contributed by atoms with E-state index in [4.69, 9.17) is 0 Å². The Kier molecular flexibility index (Phi) is 10.3. The summed E-state index contributed by atoms with van der Waals surface area (Å²) in [5.41, 5.74) is 4.11. The lowest BCUT2D eigenvalue weighted by Gasteiger charge is -2.34. The number of nitrogens with one attached hydrogen (secondary N) is 1. The van der Waals surface area contributed by atoms with E-state index in [2.05, 4.69) is 21.2 Å². The van der Waals surface area contributed by atoms with Gasteiger partial charge in [0.15, 0.2) is 0 Å². The summed E-state index contributed by atoms with van der Waals surface area (Å²) >= 11 is 3.51. The fourth-order valence-corrected chi connectivity index (χ4v) is 6.54. The van der Waals surface area contributed by atoms with Crippen LogP contribution in [0.2, 0.25) is 0 Å².